The molecular weight excluding hydrogens is 258 g/mol. The van der Waals surface area contributed by atoms with Crippen molar-refractivity contribution in [3.8, 4) is 0 Å². The number of hydrogen-bond donors (Lipinski definition) is 2. The summed E-state index contributed by atoms with van der Waals surface area (Å²) in [4.78, 5) is 30.9. The van der Waals surface area contributed by atoms with Gasteiger partial charge < -0.3 is 20.9 Å². The van der Waals surface area contributed by atoms with E-state index in [1.54, 1.807) is 32.4 Å². The zero-order chi connectivity index (χ0) is 14.7. The molecule has 1 aliphatic rings. The summed E-state index contributed by atoms with van der Waals surface area (Å²) in [5.74, 6) is -0.549. The SMILES string of the molecule is CN(C)C(=O)c1cc(N2CCNCC2C(N)=O)ccn1. The molecule has 7 nitrogen and oxygen atoms in total. The van der Waals surface area contributed by atoms with Gasteiger partial charge in [0.25, 0.3) is 5.91 Å². The summed E-state index contributed by atoms with van der Waals surface area (Å²) in [7, 11) is 3.35. The highest BCUT2D eigenvalue weighted by Gasteiger charge is 2.27. The molecule has 0 aromatic carbocycles. The zero-order valence-electron chi connectivity index (χ0n) is 11.7. The van der Waals surface area contributed by atoms with Crippen LogP contribution >= 0.6 is 0 Å². The summed E-state index contributed by atoms with van der Waals surface area (Å²) in [6.07, 6.45) is 1.58. The Kier molecular flexibility index (Phi) is 4.19. The molecule has 2 amide bonds. The van der Waals surface area contributed by atoms with Crippen LogP contribution in [-0.4, -0.2) is 61.5 Å². The lowest BCUT2D eigenvalue weighted by atomic mass is 10.1. The number of primary amides is 1. The molecule has 1 atom stereocenters. The first kappa shape index (κ1) is 14.3. The first-order valence-corrected chi connectivity index (χ1v) is 6.45. The highest BCUT2D eigenvalue weighted by Crippen LogP contribution is 2.19. The number of aromatic nitrogens is 1. The van der Waals surface area contributed by atoms with Crippen molar-refractivity contribution in [2.75, 3.05) is 38.6 Å². The molecule has 1 aliphatic heterocycles. The quantitative estimate of drug-likeness (QED) is 0.743. The summed E-state index contributed by atoms with van der Waals surface area (Å²) in [5, 5.41) is 3.14. The highest BCUT2D eigenvalue weighted by atomic mass is 16.2. The maximum atomic E-state index is 11.9. The van der Waals surface area contributed by atoms with Crippen molar-refractivity contribution >= 4 is 17.5 Å². The molecule has 0 saturated carbocycles. The average molecular weight is 277 g/mol. The van der Waals surface area contributed by atoms with Crippen molar-refractivity contribution in [3.05, 3.63) is 24.0 Å². The number of anilines is 1. The minimum atomic E-state index is -0.409. The summed E-state index contributed by atoms with van der Waals surface area (Å²) in [6, 6.07) is 3.07. The minimum absolute atomic E-state index is 0.169. The van der Waals surface area contributed by atoms with Crippen LogP contribution in [-0.2, 0) is 4.79 Å². The van der Waals surface area contributed by atoms with Crippen LogP contribution < -0.4 is 16.0 Å². The van der Waals surface area contributed by atoms with Gasteiger partial charge in [-0.25, -0.2) is 0 Å². The van der Waals surface area contributed by atoms with Gasteiger partial charge in [0.15, 0.2) is 0 Å². The van der Waals surface area contributed by atoms with Crippen LogP contribution in [0.25, 0.3) is 0 Å². The van der Waals surface area contributed by atoms with E-state index >= 15 is 0 Å². The zero-order valence-corrected chi connectivity index (χ0v) is 11.7. The fourth-order valence-electron chi connectivity index (χ4n) is 2.21. The molecule has 1 aromatic heterocycles. The second-order valence-corrected chi connectivity index (χ2v) is 4.91. The van der Waals surface area contributed by atoms with Gasteiger partial charge in [0.1, 0.15) is 11.7 Å². The molecule has 1 fully saturated rings. The summed E-state index contributed by atoms with van der Waals surface area (Å²) in [6.45, 7) is 1.94. The van der Waals surface area contributed by atoms with Crippen LogP contribution in [0.5, 0.6) is 0 Å². The van der Waals surface area contributed by atoms with E-state index in [9.17, 15) is 9.59 Å². The lowest BCUT2D eigenvalue weighted by Gasteiger charge is -2.36. The largest absolute Gasteiger partial charge is 0.368 e. The second kappa shape index (κ2) is 5.87. The topological polar surface area (TPSA) is 91.6 Å². The van der Waals surface area contributed by atoms with E-state index < -0.39 is 6.04 Å². The molecule has 0 aliphatic carbocycles. The number of carbonyl (C=O) groups is 2. The Bertz CT molecular complexity index is 517. The lowest BCUT2D eigenvalue weighted by molar-refractivity contribution is -0.119. The molecule has 1 saturated heterocycles. The number of nitrogens with zero attached hydrogens (tertiary/aromatic N) is 3. The Morgan fingerprint density at radius 2 is 2.25 bits per heavy atom. The van der Waals surface area contributed by atoms with E-state index in [0.29, 0.717) is 18.8 Å². The molecule has 108 valence electrons. The molecular formula is C13H19N5O2. The smallest absolute Gasteiger partial charge is 0.272 e. The highest BCUT2D eigenvalue weighted by molar-refractivity contribution is 5.93. The van der Waals surface area contributed by atoms with E-state index in [-0.39, 0.29) is 11.8 Å². The molecule has 2 heterocycles. The summed E-state index contributed by atoms with van der Waals surface area (Å²) in [5.41, 5.74) is 6.57. The Hall–Kier alpha value is -2.15. The Labute approximate surface area is 117 Å². The number of hydrogen-bond acceptors (Lipinski definition) is 5. The molecule has 7 heteroatoms. The molecule has 3 N–H and O–H groups in total. The number of piperazine rings is 1. The molecule has 1 aromatic rings. The van der Waals surface area contributed by atoms with E-state index in [4.69, 9.17) is 5.73 Å². The number of nitrogens with two attached hydrogens (primary N) is 1. The normalized spacial score (nSPS) is 18.7. The lowest BCUT2D eigenvalue weighted by Crippen LogP contribution is -2.57. The van der Waals surface area contributed by atoms with E-state index in [1.165, 1.54) is 4.90 Å². The Morgan fingerprint density at radius 3 is 2.90 bits per heavy atom. The van der Waals surface area contributed by atoms with Crippen molar-refractivity contribution in [1.82, 2.24) is 15.2 Å². The third kappa shape index (κ3) is 2.88. The third-order valence-electron chi connectivity index (χ3n) is 3.27. The first-order valence-electron chi connectivity index (χ1n) is 6.45. The molecule has 20 heavy (non-hydrogen) atoms. The second-order valence-electron chi connectivity index (χ2n) is 4.91. The van der Waals surface area contributed by atoms with Gasteiger partial charge in [-0.05, 0) is 12.1 Å². The molecule has 0 radical (unpaired) electrons. The van der Waals surface area contributed by atoms with Gasteiger partial charge in [0.2, 0.25) is 5.91 Å². The van der Waals surface area contributed by atoms with Crippen LogP contribution in [0.1, 0.15) is 10.5 Å². The van der Waals surface area contributed by atoms with Gasteiger partial charge in [-0.15, -0.1) is 0 Å². The van der Waals surface area contributed by atoms with Gasteiger partial charge in [0, 0.05) is 45.6 Å². The number of nitrogens with one attached hydrogen (secondary N) is 1. The maximum Gasteiger partial charge on any atom is 0.272 e. The van der Waals surface area contributed by atoms with Crippen molar-refractivity contribution in [1.29, 1.82) is 0 Å². The van der Waals surface area contributed by atoms with Crippen LogP contribution in [0.15, 0.2) is 18.3 Å². The molecule has 2 rings (SSSR count). The molecule has 0 bridgehead atoms. The Morgan fingerprint density at radius 1 is 1.50 bits per heavy atom. The van der Waals surface area contributed by atoms with Crippen LogP contribution in [0.3, 0.4) is 0 Å². The van der Waals surface area contributed by atoms with Gasteiger partial charge >= 0.3 is 0 Å². The first-order chi connectivity index (χ1) is 9.50. The molecule has 1 unspecified atom stereocenters. The van der Waals surface area contributed by atoms with Crippen molar-refractivity contribution < 1.29 is 9.59 Å². The predicted octanol–water partition coefficient (Wildman–Crippen LogP) is -0.953. The van der Waals surface area contributed by atoms with Crippen molar-refractivity contribution in [2.45, 2.75) is 6.04 Å². The number of amides is 2. The fraction of sp³-hybridized carbons (Fsp3) is 0.462. The Balaban J connectivity index is 2.29. The summed E-state index contributed by atoms with van der Waals surface area (Å²) >= 11 is 0. The summed E-state index contributed by atoms with van der Waals surface area (Å²) < 4.78 is 0. The number of rotatable bonds is 3. The van der Waals surface area contributed by atoms with E-state index in [2.05, 4.69) is 10.3 Å². The predicted molar refractivity (Wildman–Crippen MR) is 75.5 cm³/mol. The van der Waals surface area contributed by atoms with Crippen LogP contribution in [0.2, 0.25) is 0 Å². The van der Waals surface area contributed by atoms with E-state index in [1.807, 2.05) is 4.90 Å². The third-order valence-corrected chi connectivity index (χ3v) is 3.27. The minimum Gasteiger partial charge on any atom is -0.368 e. The standard InChI is InChI=1S/C13H19N5O2/c1-17(2)13(20)10-7-9(3-4-16-10)18-6-5-15-8-11(18)12(14)19/h3-4,7,11,15H,5-6,8H2,1-2H3,(H2,14,19). The number of carbonyl (C=O) groups excluding carboxylic acids is 2. The van der Waals surface area contributed by atoms with Crippen molar-refractivity contribution in [2.24, 2.45) is 5.73 Å². The van der Waals surface area contributed by atoms with Crippen LogP contribution in [0.4, 0.5) is 5.69 Å². The van der Waals surface area contributed by atoms with Gasteiger partial charge in [-0.1, -0.05) is 0 Å². The number of pyridine rings is 1. The maximum absolute atomic E-state index is 11.9. The van der Waals surface area contributed by atoms with Gasteiger partial charge in [-0.3, -0.25) is 14.6 Å². The van der Waals surface area contributed by atoms with Gasteiger partial charge in [0.05, 0.1) is 0 Å². The molecule has 0 spiro atoms. The van der Waals surface area contributed by atoms with Crippen LogP contribution in [0, 0.1) is 0 Å². The van der Waals surface area contributed by atoms with Crippen molar-refractivity contribution in [3.63, 3.8) is 0 Å². The monoisotopic (exact) mass is 277 g/mol. The average Bonchev–Trinajstić information content (AvgIpc) is 2.46. The van der Waals surface area contributed by atoms with E-state index in [0.717, 1.165) is 12.2 Å². The fourth-order valence-corrected chi connectivity index (χ4v) is 2.21. The van der Waals surface area contributed by atoms with Gasteiger partial charge in [-0.2, -0.15) is 0 Å².